The van der Waals surface area contributed by atoms with Gasteiger partial charge in [-0.15, -0.1) is 0 Å². The van der Waals surface area contributed by atoms with E-state index in [1.54, 1.807) is 14.2 Å². The van der Waals surface area contributed by atoms with Crippen LogP contribution in [0.3, 0.4) is 0 Å². The first-order chi connectivity index (χ1) is 18.2. The Kier molecular flexibility index (Phi) is 10.7. The second-order valence-electron chi connectivity index (χ2n) is 14.2. The molecule has 0 heterocycles. The van der Waals surface area contributed by atoms with Crippen LogP contribution in [0, 0.1) is 11.8 Å². The fourth-order valence-electron chi connectivity index (χ4n) is 3.94. The van der Waals surface area contributed by atoms with Crippen molar-refractivity contribution < 1.29 is 28.5 Å². The van der Waals surface area contributed by atoms with Gasteiger partial charge in [0.05, 0.1) is 26.4 Å². The zero-order chi connectivity index (χ0) is 30.8. The Hall–Kier alpha value is -2.01. The van der Waals surface area contributed by atoms with Crippen LogP contribution >= 0.6 is 0 Å². The van der Waals surface area contributed by atoms with Gasteiger partial charge in [-0.3, -0.25) is 0 Å². The van der Waals surface area contributed by atoms with Gasteiger partial charge in [-0.1, -0.05) is 67.5 Å². The molecule has 40 heavy (non-hydrogen) atoms. The molecule has 2 aromatic carbocycles. The number of ether oxygens (including phenoxy) is 2. The lowest BCUT2D eigenvalue weighted by molar-refractivity contribution is 0.0210. The molecular formula is C32H54O6Si2. The zero-order valence-electron chi connectivity index (χ0n) is 27.3. The molecule has 8 heteroatoms. The van der Waals surface area contributed by atoms with Gasteiger partial charge in [0, 0.05) is 0 Å². The van der Waals surface area contributed by atoms with E-state index in [0.717, 1.165) is 11.1 Å². The zero-order valence-corrected chi connectivity index (χ0v) is 29.3. The molecule has 6 nitrogen and oxygen atoms in total. The fraction of sp³-hybridized carbons (Fsp3) is 0.625. The Morgan fingerprint density at radius 3 is 1.12 bits per heavy atom. The molecule has 0 aliphatic heterocycles. The number of rotatable bonds is 11. The van der Waals surface area contributed by atoms with Crippen molar-refractivity contribution in [2.45, 2.75) is 104 Å². The lowest BCUT2D eigenvalue weighted by Crippen LogP contribution is -2.43. The van der Waals surface area contributed by atoms with E-state index in [0.29, 0.717) is 23.0 Å². The van der Waals surface area contributed by atoms with Gasteiger partial charge in [0.1, 0.15) is 11.5 Å². The summed E-state index contributed by atoms with van der Waals surface area (Å²) in [6.07, 6.45) is -1.60. The van der Waals surface area contributed by atoms with Gasteiger partial charge in [0.2, 0.25) is 0 Å². The largest absolute Gasteiger partial charge is 0.541 e. The summed E-state index contributed by atoms with van der Waals surface area (Å²) in [5.74, 6) is 2.09. The van der Waals surface area contributed by atoms with Crippen molar-refractivity contribution >= 4 is 16.6 Å². The standard InChI is InChI=1S/C32H54O6Si2/c1-21(29(33)23-15-17-25(27(19-23)35-9)37-39(11,12)31(3,4)5)22(2)30(34)24-16-18-26(28(20-24)36-10)38-40(13,14)32(6,7)8/h15-22,29-30,33-34H,1-14H3/t21-,22+,29-,30?/m0/s1. The molecule has 0 aliphatic carbocycles. The molecule has 2 N–H and O–H groups in total. The van der Waals surface area contributed by atoms with Crippen LogP contribution in [-0.4, -0.2) is 41.1 Å². The highest BCUT2D eigenvalue weighted by atomic mass is 28.4. The van der Waals surface area contributed by atoms with Crippen molar-refractivity contribution in [3.8, 4) is 23.0 Å². The van der Waals surface area contributed by atoms with Gasteiger partial charge < -0.3 is 28.5 Å². The predicted octanol–water partition coefficient (Wildman–Crippen LogP) is 8.51. The van der Waals surface area contributed by atoms with Gasteiger partial charge in [-0.2, -0.15) is 0 Å². The van der Waals surface area contributed by atoms with Crippen molar-refractivity contribution in [1.29, 1.82) is 0 Å². The van der Waals surface area contributed by atoms with Crippen molar-refractivity contribution in [3.05, 3.63) is 47.5 Å². The summed E-state index contributed by atoms with van der Waals surface area (Å²) in [6.45, 7) is 25.9. The van der Waals surface area contributed by atoms with Gasteiger partial charge in [-0.25, -0.2) is 0 Å². The Morgan fingerprint density at radius 2 is 0.875 bits per heavy atom. The number of aliphatic hydroxyl groups excluding tert-OH is 2. The molecule has 0 amide bonds. The second kappa shape index (κ2) is 12.5. The van der Waals surface area contributed by atoms with Gasteiger partial charge in [0.15, 0.2) is 11.5 Å². The molecule has 0 aromatic heterocycles. The van der Waals surface area contributed by atoms with Crippen LogP contribution in [0.5, 0.6) is 23.0 Å². The van der Waals surface area contributed by atoms with E-state index < -0.39 is 28.8 Å². The van der Waals surface area contributed by atoms with Crippen LogP contribution in [0.2, 0.25) is 36.3 Å². The number of benzene rings is 2. The molecule has 226 valence electrons. The van der Waals surface area contributed by atoms with Crippen molar-refractivity contribution in [3.63, 3.8) is 0 Å². The summed E-state index contributed by atoms with van der Waals surface area (Å²) in [5, 5.41) is 22.8. The number of hydrogen-bond acceptors (Lipinski definition) is 6. The first kappa shape index (κ1) is 34.2. The fourth-order valence-corrected chi connectivity index (χ4v) is 5.99. The lowest BCUT2D eigenvalue weighted by atomic mass is 9.81. The third-order valence-electron chi connectivity index (χ3n) is 9.23. The van der Waals surface area contributed by atoms with E-state index in [9.17, 15) is 10.2 Å². The first-order valence-electron chi connectivity index (χ1n) is 14.3. The molecule has 1 unspecified atom stereocenters. The number of aliphatic hydroxyl groups is 2. The van der Waals surface area contributed by atoms with Gasteiger partial charge >= 0.3 is 0 Å². The van der Waals surface area contributed by atoms with E-state index in [1.807, 2.05) is 50.2 Å². The molecule has 0 bridgehead atoms. The number of hydrogen-bond donors (Lipinski definition) is 2. The lowest BCUT2D eigenvalue weighted by Gasteiger charge is -2.37. The average Bonchev–Trinajstić information content (AvgIpc) is 2.85. The van der Waals surface area contributed by atoms with Crippen LogP contribution in [0.25, 0.3) is 0 Å². The van der Waals surface area contributed by atoms with Crippen LogP contribution < -0.4 is 18.3 Å². The molecule has 0 radical (unpaired) electrons. The molecular weight excluding hydrogens is 537 g/mol. The minimum atomic E-state index is -2.06. The molecule has 2 aromatic rings. The summed E-state index contributed by atoms with van der Waals surface area (Å²) < 4.78 is 24.3. The Labute approximate surface area is 245 Å². The molecule has 4 atom stereocenters. The van der Waals surface area contributed by atoms with E-state index in [2.05, 4.69) is 67.7 Å². The monoisotopic (exact) mass is 590 g/mol. The van der Waals surface area contributed by atoms with Crippen molar-refractivity contribution in [2.24, 2.45) is 11.8 Å². The average molecular weight is 591 g/mol. The quantitative estimate of drug-likeness (QED) is 0.256. The summed E-state index contributed by atoms with van der Waals surface area (Å²) >= 11 is 0. The molecule has 0 fully saturated rings. The summed E-state index contributed by atoms with van der Waals surface area (Å²) in [4.78, 5) is 0. The third kappa shape index (κ3) is 7.63. The van der Waals surface area contributed by atoms with E-state index >= 15 is 0 Å². The molecule has 0 saturated heterocycles. The first-order valence-corrected chi connectivity index (χ1v) is 20.1. The smallest absolute Gasteiger partial charge is 0.250 e. The van der Waals surface area contributed by atoms with Crippen LogP contribution in [0.15, 0.2) is 36.4 Å². The van der Waals surface area contributed by atoms with E-state index in [-0.39, 0.29) is 21.9 Å². The van der Waals surface area contributed by atoms with Crippen molar-refractivity contribution in [1.82, 2.24) is 0 Å². The van der Waals surface area contributed by atoms with Crippen molar-refractivity contribution in [2.75, 3.05) is 14.2 Å². The maximum absolute atomic E-state index is 11.3. The minimum absolute atomic E-state index is 0.0496. The maximum Gasteiger partial charge on any atom is 0.250 e. The van der Waals surface area contributed by atoms with E-state index in [1.165, 1.54) is 0 Å². The summed E-state index contributed by atoms with van der Waals surface area (Å²) in [5.41, 5.74) is 1.45. The predicted molar refractivity (Wildman–Crippen MR) is 170 cm³/mol. The summed E-state index contributed by atoms with van der Waals surface area (Å²) in [6, 6.07) is 11.2. The van der Waals surface area contributed by atoms with Gasteiger partial charge in [-0.05, 0) is 83.5 Å². The molecule has 2 rings (SSSR count). The third-order valence-corrected chi connectivity index (χ3v) is 17.9. The molecule has 0 saturated carbocycles. The number of methoxy groups -OCH3 is 2. The Balaban J connectivity index is 2.26. The normalized spacial score (nSPS) is 16.1. The highest BCUT2D eigenvalue weighted by Gasteiger charge is 2.41. The molecule has 0 aliphatic rings. The molecule has 0 spiro atoms. The topological polar surface area (TPSA) is 77.4 Å². The maximum atomic E-state index is 11.3. The highest BCUT2D eigenvalue weighted by molar-refractivity contribution is 6.75. The van der Waals surface area contributed by atoms with Gasteiger partial charge in [0.25, 0.3) is 16.6 Å². The highest BCUT2D eigenvalue weighted by Crippen LogP contribution is 2.44. The second-order valence-corrected chi connectivity index (χ2v) is 23.6. The Morgan fingerprint density at radius 1 is 0.575 bits per heavy atom. The summed E-state index contributed by atoms with van der Waals surface area (Å²) in [7, 11) is -0.882. The van der Waals surface area contributed by atoms with Crippen LogP contribution in [0.1, 0.15) is 78.7 Å². The Bertz CT molecular complexity index is 1040. The SMILES string of the molecule is COc1cc(C(O)[C@H](C)[C@H](C)[C@H](O)c2ccc(O[Si](C)(C)C(C)(C)C)c(OC)c2)ccc1O[Si](C)(C)C(C)(C)C. The van der Waals surface area contributed by atoms with Crippen LogP contribution in [0.4, 0.5) is 0 Å². The van der Waals surface area contributed by atoms with Crippen LogP contribution in [-0.2, 0) is 0 Å². The van der Waals surface area contributed by atoms with E-state index in [4.69, 9.17) is 18.3 Å². The minimum Gasteiger partial charge on any atom is -0.541 e.